The van der Waals surface area contributed by atoms with Gasteiger partial charge in [0.15, 0.2) is 0 Å². The number of rotatable bonds is 4. The van der Waals surface area contributed by atoms with Crippen molar-refractivity contribution in [3.05, 3.63) is 24.0 Å². The molecule has 23 heavy (non-hydrogen) atoms. The summed E-state index contributed by atoms with van der Waals surface area (Å²) in [6, 6.07) is 2.36. The van der Waals surface area contributed by atoms with Gasteiger partial charge in [-0.25, -0.2) is 0 Å². The largest absolute Gasteiger partial charge is 0.616 e. The van der Waals surface area contributed by atoms with E-state index < -0.39 is 23.0 Å². The maximum Gasteiger partial charge on any atom is 0.433 e. The molecule has 3 rings (SSSR count). The highest BCUT2D eigenvalue weighted by Gasteiger charge is 2.49. The van der Waals surface area contributed by atoms with E-state index in [0.29, 0.717) is 13.2 Å². The molecule has 8 heteroatoms. The van der Waals surface area contributed by atoms with Gasteiger partial charge in [0.25, 0.3) is 0 Å². The van der Waals surface area contributed by atoms with Crippen LogP contribution in [0.1, 0.15) is 18.5 Å². The average molecular weight is 348 g/mol. The molecule has 0 atom stereocenters. The second-order valence-electron chi connectivity index (χ2n) is 6.29. The van der Waals surface area contributed by atoms with E-state index in [4.69, 9.17) is 4.74 Å². The van der Waals surface area contributed by atoms with Crippen molar-refractivity contribution in [1.82, 2.24) is 9.88 Å². The van der Waals surface area contributed by atoms with Gasteiger partial charge in [-0.2, -0.15) is 13.2 Å². The zero-order valence-corrected chi connectivity index (χ0v) is 13.5. The van der Waals surface area contributed by atoms with Crippen molar-refractivity contribution in [2.24, 2.45) is 5.41 Å². The third-order valence-corrected chi connectivity index (χ3v) is 6.42. The lowest BCUT2D eigenvalue weighted by molar-refractivity contribution is -0.141. The first-order valence-corrected chi connectivity index (χ1v) is 9.09. The molecule has 2 aliphatic heterocycles. The van der Waals surface area contributed by atoms with E-state index in [1.54, 1.807) is 0 Å². The highest BCUT2D eigenvalue weighted by molar-refractivity contribution is 7.92. The van der Waals surface area contributed by atoms with Crippen LogP contribution in [0.25, 0.3) is 0 Å². The monoisotopic (exact) mass is 348 g/mol. The first-order valence-electron chi connectivity index (χ1n) is 7.60. The molecule has 3 heterocycles. The van der Waals surface area contributed by atoms with E-state index in [9.17, 15) is 17.7 Å². The molecule has 0 aliphatic carbocycles. The highest BCUT2D eigenvalue weighted by atomic mass is 32.2. The van der Waals surface area contributed by atoms with E-state index >= 15 is 0 Å². The lowest BCUT2D eigenvalue weighted by Gasteiger charge is -2.47. The van der Waals surface area contributed by atoms with Gasteiger partial charge in [-0.1, -0.05) is 11.2 Å². The number of alkyl halides is 3. The lowest BCUT2D eigenvalue weighted by Crippen LogP contribution is -2.54. The van der Waals surface area contributed by atoms with E-state index in [2.05, 4.69) is 9.88 Å². The van der Waals surface area contributed by atoms with E-state index in [1.807, 2.05) is 0 Å². The second-order valence-corrected chi connectivity index (χ2v) is 7.75. The Labute approximate surface area is 136 Å². The number of piperidine rings is 1. The van der Waals surface area contributed by atoms with Crippen LogP contribution < -0.4 is 4.74 Å². The SMILES string of the molecule is [O-][S+]1CC2(CCN(CCOc3ccnc(C(F)(F)F)c3)CC2)C1. The molecule has 128 valence electrons. The Hall–Kier alpha value is -0.990. The van der Waals surface area contributed by atoms with Gasteiger partial charge in [0.05, 0.1) is 5.41 Å². The Balaban J connectivity index is 1.42. The summed E-state index contributed by atoms with van der Waals surface area (Å²) >= 11 is -0.621. The normalized spacial score (nSPS) is 22.1. The predicted octanol–water partition coefficient (Wildman–Crippen LogP) is 2.32. The van der Waals surface area contributed by atoms with Gasteiger partial charge in [0.2, 0.25) is 0 Å². The molecular formula is C15H19F3N2O2S. The maximum atomic E-state index is 12.6. The van der Waals surface area contributed by atoms with E-state index in [0.717, 1.165) is 49.7 Å². The van der Waals surface area contributed by atoms with Crippen LogP contribution in [0.15, 0.2) is 18.3 Å². The third kappa shape index (κ3) is 4.10. The Bertz CT molecular complexity index is 540. The van der Waals surface area contributed by atoms with Crippen LogP contribution in [-0.4, -0.2) is 52.2 Å². The molecule has 0 unspecified atom stereocenters. The summed E-state index contributed by atoms with van der Waals surface area (Å²) in [5.74, 6) is 1.85. The highest BCUT2D eigenvalue weighted by Crippen LogP contribution is 2.42. The summed E-state index contributed by atoms with van der Waals surface area (Å²) in [6.07, 6.45) is -1.25. The van der Waals surface area contributed by atoms with Crippen molar-refractivity contribution in [3.63, 3.8) is 0 Å². The van der Waals surface area contributed by atoms with Crippen molar-refractivity contribution in [1.29, 1.82) is 0 Å². The van der Waals surface area contributed by atoms with Crippen molar-refractivity contribution in [3.8, 4) is 5.75 Å². The quantitative estimate of drug-likeness (QED) is 0.784. The second kappa shape index (κ2) is 6.49. The summed E-state index contributed by atoms with van der Waals surface area (Å²) < 4.78 is 54.4. The molecule has 0 radical (unpaired) electrons. The van der Waals surface area contributed by atoms with E-state index in [-0.39, 0.29) is 11.2 Å². The fourth-order valence-corrected chi connectivity index (χ4v) is 4.99. The minimum Gasteiger partial charge on any atom is -0.616 e. The summed E-state index contributed by atoms with van der Waals surface area (Å²) in [5, 5.41) is 0. The van der Waals surface area contributed by atoms with Crippen LogP contribution in [0.2, 0.25) is 0 Å². The molecule has 2 fully saturated rings. The minimum atomic E-state index is -4.45. The molecule has 2 aliphatic rings. The first-order chi connectivity index (χ1) is 10.9. The molecule has 0 saturated carbocycles. The van der Waals surface area contributed by atoms with Crippen LogP contribution in [0.5, 0.6) is 5.75 Å². The van der Waals surface area contributed by atoms with Crippen LogP contribution in [0, 0.1) is 5.41 Å². The summed E-state index contributed by atoms with van der Waals surface area (Å²) in [5.41, 5.74) is -0.650. The van der Waals surface area contributed by atoms with Gasteiger partial charge in [0, 0.05) is 18.8 Å². The van der Waals surface area contributed by atoms with E-state index in [1.165, 1.54) is 6.07 Å². The molecule has 1 aromatic heterocycles. The Morgan fingerprint density at radius 3 is 2.61 bits per heavy atom. The number of aromatic nitrogens is 1. The number of hydrogen-bond acceptors (Lipinski definition) is 4. The van der Waals surface area contributed by atoms with Gasteiger partial charge in [-0.15, -0.1) is 0 Å². The van der Waals surface area contributed by atoms with Crippen LogP contribution >= 0.6 is 0 Å². The summed E-state index contributed by atoms with van der Waals surface area (Å²) in [4.78, 5) is 5.55. The topological polar surface area (TPSA) is 48.4 Å². The molecule has 0 bridgehead atoms. The Kier molecular flexibility index (Phi) is 4.75. The fraction of sp³-hybridized carbons (Fsp3) is 0.667. The van der Waals surface area contributed by atoms with Crippen molar-refractivity contribution >= 4 is 11.2 Å². The maximum absolute atomic E-state index is 12.6. The van der Waals surface area contributed by atoms with Gasteiger partial charge >= 0.3 is 6.18 Å². The number of pyridine rings is 1. The standard InChI is InChI=1S/C15H19F3N2O2S/c16-15(17,18)13-9-12(1-4-19-13)22-8-7-20-5-2-14(3-6-20)10-23(21)11-14/h1,4,9H,2-3,5-8,10-11H2. The van der Waals surface area contributed by atoms with Crippen LogP contribution in [-0.2, 0) is 17.4 Å². The zero-order chi connectivity index (χ0) is 16.5. The van der Waals surface area contributed by atoms with Crippen LogP contribution in [0.3, 0.4) is 0 Å². The Morgan fingerprint density at radius 1 is 1.30 bits per heavy atom. The molecule has 0 N–H and O–H groups in total. The molecule has 4 nitrogen and oxygen atoms in total. The number of hydrogen-bond donors (Lipinski definition) is 0. The number of ether oxygens (including phenoxy) is 1. The zero-order valence-electron chi connectivity index (χ0n) is 12.6. The number of nitrogens with zero attached hydrogens (tertiary/aromatic N) is 2. The third-order valence-electron chi connectivity index (χ3n) is 4.55. The summed E-state index contributed by atoms with van der Waals surface area (Å²) in [7, 11) is 0. The minimum absolute atomic E-state index is 0.190. The van der Waals surface area contributed by atoms with Gasteiger partial charge < -0.3 is 9.29 Å². The molecule has 1 spiro atoms. The van der Waals surface area contributed by atoms with Crippen molar-refractivity contribution in [2.45, 2.75) is 19.0 Å². The molecule has 2 saturated heterocycles. The summed E-state index contributed by atoms with van der Waals surface area (Å²) in [6.45, 7) is 2.90. The lowest BCUT2D eigenvalue weighted by atomic mass is 9.81. The van der Waals surface area contributed by atoms with Crippen molar-refractivity contribution in [2.75, 3.05) is 37.7 Å². The first kappa shape index (κ1) is 16.9. The predicted molar refractivity (Wildman–Crippen MR) is 80.7 cm³/mol. The smallest absolute Gasteiger partial charge is 0.433 e. The van der Waals surface area contributed by atoms with Gasteiger partial charge in [-0.3, -0.25) is 9.88 Å². The van der Waals surface area contributed by atoms with Crippen molar-refractivity contribution < 1.29 is 22.5 Å². The number of likely N-dealkylation sites (tertiary alicyclic amines) is 1. The van der Waals surface area contributed by atoms with Gasteiger partial charge in [-0.05, 0) is 32.0 Å². The molecule has 0 aromatic carbocycles. The van der Waals surface area contributed by atoms with Gasteiger partial charge in [0.1, 0.15) is 29.6 Å². The van der Waals surface area contributed by atoms with Crippen LogP contribution in [0.4, 0.5) is 13.2 Å². The average Bonchev–Trinajstić information content (AvgIpc) is 2.47. The Morgan fingerprint density at radius 2 is 2.00 bits per heavy atom. The molecule has 1 aromatic rings. The molecule has 0 amide bonds. The number of halogens is 3. The molecular weight excluding hydrogens is 329 g/mol. The fourth-order valence-electron chi connectivity index (χ4n) is 3.13.